The summed E-state index contributed by atoms with van der Waals surface area (Å²) in [4.78, 5) is 35.6. The van der Waals surface area contributed by atoms with Crippen molar-refractivity contribution in [2.24, 2.45) is 0 Å². The fraction of sp³-hybridized carbons (Fsp3) is 0.250. The van der Waals surface area contributed by atoms with E-state index >= 15 is 4.39 Å². The minimum absolute atomic E-state index is 0.00254. The van der Waals surface area contributed by atoms with Gasteiger partial charge in [-0.2, -0.15) is 0 Å². The second kappa shape index (κ2) is 14.5. The molecule has 0 aliphatic heterocycles. The zero-order valence-corrected chi connectivity index (χ0v) is 25.7. The fourth-order valence-corrected chi connectivity index (χ4v) is 5.42. The molecule has 1 heterocycles. The molecule has 0 atom stereocenters. The molecule has 0 spiro atoms. The lowest BCUT2D eigenvalue weighted by Crippen LogP contribution is -2.11. The number of carbonyl (C=O) groups excluding carboxylic acids is 1. The molecule has 0 aliphatic rings. The first-order chi connectivity index (χ1) is 21.5. The second-order valence-corrected chi connectivity index (χ2v) is 10.8. The van der Waals surface area contributed by atoms with Crippen molar-refractivity contribution in [1.29, 1.82) is 0 Å². The minimum atomic E-state index is -1.16. The van der Waals surface area contributed by atoms with Gasteiger partial charge in [0.25, 0.3) is 0 Å². The highest BCUT2D eigenvalue weighted by atomic mass is 19.1. The van der Waals surface area contributed by atoms with Gasteiger partial charge in [-0.05, 0) is 86.4 Å². The standard InChI is InChI=1S/C36H36FNO7/c1-22-19-23(2)36(24(3)20-22)45-18-6-5-17-44-28-12-8-26(9-13-28)7-10-27-11-14-29(37)34-33(30(39)15-16-31(40)41)25(4)38(35(27)34)21-32(42)43/h5-14,19-20H,15-18,21H2,1-4H3,(H,40,41)(H,42,43)/b6-5+,10-7+. The highest BCUT2D eigenvalue weighted by Crippen LogP contribution is 2.33. The average Bonchev–Trinajstić information content (AvgIpc) is 3.27. The van der Waals surface area contributed by atoms with E-state index < -0.39 is 36.5 Å². The van der Waals surface area contributed by atoms with Crippen molar-refractivity contribution in [3.63, 3.8) is 0 Å². The van der Waals surface area contributed by atoms with Crippen molar-refractivity contribution in [2.45, 2.75) is 47.1 Å². The largest absolute Gasteiger partial charge is 0.490 e. The molecule has 3 aromatic carbocycles. The van der Waals surface area contributed by atoms with E-state index in [9.17, 15) is 19.5 Å². The number of rotatable bonds is 14. The molecule has 0 saturated heterocycles. The van der Waals surface area contributed by atoms with Gasteiger partial charge in [0, 0.05) is 23.1 Å². The maximum Gasteiger partial charge on any atom is 0.323 e. The number of halogens is 1. The van der Waals surface area contributed by atoms with E-state index in [-0.39, 0.29) is 28.6 Å². The van der Waals surface area contributed by atoms with E-state index in [0.29, 0.717) is 24.5 Å². The summed E-state index contributed by atoms with van der Waals surface area (Å²) in [5, 5.41) is 18.5. The number of carbonyl (C=O) groups is 3. The van der Waals surface area contributed by atoms with E-state index in [1.807, 2.05) is 50.3 Å². The van der Waals surface area contributed by atoms with Gasteiger partial charge in [-0.25, -0.2) is 4.39 Å². The predicted octanol–water partition coefficient (Wildman–Crippen LogP) is 7.33. The number of aliphatic carboxylic acids is 2. The van der Waals surface area contributed by atoms with Crippen LogP contribution in [0.3, 0.4) is 0 Å². The van der Waals surface area contributed by atoms with Crippen LogP contribution in [0.5, 0.6) is 11.5 Å². The normalized spacial score (nSPS) is 11.5. The molecule has 0 bridgehead atoms. The number of fused-ring (bicyclic) bond motifs is 1. The van der Waals surface area contributed by atoms with E-state index in [2.05, 4.69) is 19.1 Å². The lowest BCUT2D eigenvalue weighted by molar-refractivity contribution is -0.138. The van der Waals surface area contributed by atoms with Gasteiger partial charge in [-0.3, -0.25) is 14.4 Å². The first-order valence-corrected chi connectivity index (χ1v) is 14.5. The Balaban J connectivity index is 1.46. The predicted molar refractivity (Wildman–Crippen MR) is 172 cm³/mol. The first-order valence-electron chi connectivity index (χ1n) is 14.5. The number of ether oxygens (including phenoxy) is 2. The lowest BCUT2D eigenvalue weighted by Gasteiger charge is -2.11. The first kappa shape index (κ1) is 32.7. The molecule has 0 radical (unpaired) electrons. The second-order valence-electron chi connectivity index (χ2n) is 10.8. The number of aryl methyl sites for hydroxylation is 3. The molecule has 0 amide bonds. The van der Waals surface area contributed by atoms with Crippen LogP contribution in [0.4, 0.5) is 4.39 Å². The molecule has 1 aromatic heterocycles. The number of carboxylic acid groups (broad SMARTS) is 2. The summed E-state index contributed by atoms with van der Waals surface area (Å²) >= 11 is 0. The van der Waals surface area contributed by atoms with Crippen molar-refractivity contribution in [1.82, 2.24) is 4.57 Å². The number of hydrogen-bond acceptors (Lipinski definition) is 5. The molecule has 8 nitrogen and oxygen atoms in total. The van der Waals surface area contributed by atoms with E-state index in [4.69, 9.17) is 14.6 Å². The third kappa shape index (κ3) is 8.06. The van der Waals surface area contributed by atoms with Gasteiger partial charge in [-0.1, -0.05) is 42.0 Å². The molecule has 4 rings (SSSR count). The van der Waals surface area contributed by atoms with Crippen LogP contribution in [0.1, 0.15) is 56.7 Å². The number of benzene rings is 3. The number of aromatic nitrogens is 1. The molecular weight excluding hydrogens is 577 g/mol. The summed E-state index contributed by atoms with van der Waals surface area (Å²) in [6, 6.07) is 14.3. The number of Topliss-reactive ketones (excluding diaryl/α,β-unsaturated/α-hetero) is 1. The van der Waals surface area contributed by atoms with Gasteiger partial charge in [0.05, 0.1) is 11.9 Å². The molecule has 9 heteroatoms. The molecular formula is C36H36FNO7. The molecule has 0 saturated carbocycles. The zero-order valence-electron chi connectivity index (χ0n) is 25.7. The number of carboxylic acids is 2. The Kier molecular flexibility index (Phi) is 10.6. The van der Waals surface area contributed by atoms with Crippen molar-refractivity contribution in [2.75, 3.05) is 13.2 Å². The third-order valence-electron chi connectivity index (χ3n) is 7.36. The van der Waals surface area contributed by atoms with E-state index in [1.165, 1.54) is 29.2 Å². The number of hydrogen-bond donors (Lipinski definition) is 2. The summed E-state index contributed by atoms with van der Waals surface area (Å²) in [6.07, 6.45) is 6.58. The van der Waals surface area contributed by atoms with Crippen LogP contribution in [0.25, 0.3) is 23.1 Å². The average molecular weight is 614 g/mol. The van der Waals surface area contributed by atoms with Crippen LogP contribution in [-0.2, 0) is 16.1 Å². The van der Waals surface area contributed by atoms with Gasteiger partial charge >= 0.3 is 11.9 Å². The minimum Gasteiger partial charge on any atom is -0.490 e. The van der Waals surface area contributed by atoms with Crippen LogP contribution < -0.4 is 9.47 Å². The van der Waals surface area contributed by atoms with Crippen LogP contribution in [0.2, 0.25) is 0 Å². The molecule has 0 aliphatic carbocycles. The summed E-state index contributed by atoms with van der Waals surface area (Å²) < 4.78 is 28.2. The van der Waals surface area contributed by atoms with Crippen molar-refractivity contribution in [3.05, 3.63) is 106 Å². The van der Waals surface area contributed by atoms with Crippen LogP contribution in [-0.4, -0.2) is 45.7 Å². The fourth-order valence-electron chi connectivity index (χ4n) is 5.42. The Hall–Kier alpha value is -5.18. The smallest absolute Gasteiger partial charge is 0.323 e. The Morgan fingerprint density at radius 3 is 2.09 bits per heavy atom. The summed E-state index contributed by atoms with van der Waals surface area (Å²) in [7, 11) is 0. The maximum atomic E-state index is 15.1. The Morgan fingerprint density at radius 2 is 1.47 bits per heavy atom. The van der Waals surface area contributed by atoms with Crippen LogP contribution in [0.15, 0.2) is 60.7 Å². The van der Waals surface area contributed by atoms with Gasteiger partial charge < -0.3 is 24.3 Å². The van der Waals surface area contributed by atoms with Crippen LogP contribution >= 0.6 is 0 Å². The Morgan fingerprint density at radius 1 is 0.822 bits per heavy atom. The number of ketones is 1. The monoisotopic (exact) mass is 613 g/mol. The van der Waals surface area contributed by atoms with Gasteiger partial charge in [0.1, 0.15) is 37.1 Å². The van der Waals surface area contributed by atoms with E-state index in [0.717, 1.165) is 22.4 Å². The van der Waals surface area contributed by atoms with Gasteiger partial charge in [0.2, 0.25) is 0 Å². The summed E-state index contributed by atoms with van der Waals surface area (Å²) in [5.74, 6) is -1.99. The summed E-state index contributed by atoms with van der Waals surface area (Å²) in [5.41, 5.74) is 5.27. The molecule has 234 valence electrons. The van der Waals surface area contributed by atoms with Crippen molar-refractivity contribution >= 4 is 40.8 Å². The molecule has 2 N–H and O–H groups in total. The lowest BCUT2D eigenvalue weighted by atomic mass is 10.0. The van der Waals surface area contributed by atoms with Gasteiger partial charge in [0.15, 0.2) is 5.78 Å². The summed E-state index contributed by atoms with van der Waals surface area (Å²) in [6.45, 7) is 7.97. The highest BCUT2D eigenvalue weighted by Gasteiger charge is 2.25. The third-order valence-corrected chi connectivity index (χ3v) is 7.36. The quantitative estimate of drug-likeness (QED) is 0.0869. The van der Waals surface area contributed by atoms with E-state index in [1.54, 1.807) is 12.2 Å². The van der Waals surface area contributed by atoms with Crippen molar-refractivity contribution < 1.29 is 38.5 Å². The van der Waals surface area contributed by atoms with Gasteiger partial charge in [-0.15, -0.1) is 0 Å². The Bertz CT molecular complexity index is 1780. The molecule has 45 heavy (non-hydrogen) atoms. The highest BCUT2D eigenvalue weighted by molar-refractivity contribution is 6.12. The number of nitrogens with zero attached hydrogens (tertiary/aromatic N) is 1. The molecule has 4 aromatic rings. The SMILES string of the molecule is Cc1cc(C)c(OC/C=C/COc2ccc(/C=C/c3ccc(F)c4c(C(=O)CCC(=O)O)c(C)n(CC(=O)O)c34)cc2)c(C)c1. The maximum absolute atomic E-state index is 15.1. The molecule has 0 fully saturated rings. The topological polar surface area (TPSA) is 115 Å². The zero-order chi connectivity index (χ0) is 32.7. The Labute approximate surface area is 261 Å². The van der Waals surface area contributed by atoms with Crippen molar-refractivity contribution in [3.8, 4) is 11.5 Å². The van der Waals surface area contributed by atoms with Crippen LogP contribution in [0, 0.1) is 33.5 Å². The molecule has 0 unspecified atom stereocenters.